The van der Waals surface area contributed by atoms with E-state index in [9.17, 15) is 4.79 Å². The molecule has 182 valence electrons. The third kappa shape index (κ3) is 5.45. The fraction of sp³-hybridized carbons (Fsp3) is 0.179. The molecule has 1 aliphatic heterocycles. The second kappa shape index (κ2) is 10.9. The number of anilines is 2. The van der Waals surface area contributed by atoms with Gasteiger partial charge in [-0.15, -0.1) is 0 Å². The summed E-state index contributed by atoms with van der Waals surface area (Å²) in [7, 11) is 1.59. The first-order valence-corrected chi connectivity index (χ1v) is 11.7. The zero-order chi connectivity index (χ0) is 24.7. The molecule has 0 unspecified atom stereocenters. The van der Waals surface area contributed by atoms with Gasteiger partial charge < -0.3 is 24.4 Å². The van der Waals surface area contributed by atoms with Crippen molar-refractivity contribution in [3.05, 3.63) is 90.6 Å². The maximum Gasteiger partial charge on any atom is 0.255 e. The van der Waals surface area contributed by atoms with Gasteiger partial charge in [0, 0.05) is 47.9 Å². The van der Waals surface area contributed by atoms with Crippen molar-refractivity contribution in [3.63, 3.8) is 0 Å². The predicted octanol–water partition coefficient (Wildman–Crippen LogP) is 5.03. The van der Waals surface area contributed by atoms with Crippen molar-refractivity contribution in [2.24, 2.45) is 0 Å². The van der Waals surface area contributed by atoms with E-state index in [2.05, 4.69) is 20.2 Å². The number of carbonyl (C=O) groups is 1. The summed E-state index contributed by atoms with van der Waals surface area (Å²) in [5.41, 5.74) is 3.17. The van der Waals surface area contributed by atoms with Crippen LogP contribution in [0.2, 0.25) is 0 Å². The zero-order valence-corrected chi connectivity index (χ0v) is 19.9. The van der Waals surface area contributed by atoms with Crippen LogP contribution in [0.25, 0.3) is 11.4 Å². The SMILES string of the molecule is COc1ccccc1Oc1ccnc(-c2ccc(C(=O)Nc3ccc(N4CCOCC4)cc3)cc2)n1. The highest BCUT2D eigenvalue weighted by Crippen LogP contribution is 2.30. The molecule has 0 aliphatic carbocycles. The zero-order valence-electron chi connectivity index (χ0n) is 19.9. The Hall–Kier alpha value is -4.43. The van der Waals surface area contributed by atoms with Crippen LogP contribution in [0.1, 0.15) is 10.4 Å². The molecule has 36 heavy (non-hydrogen) atoms. The molecule has 5 rings (SSSR count). The topological polar surface area (TPSA) is 85.8 Å². The van der Waals surface area contributed by atoms with Crippen LogP contribution in [0, 0.1) is 0 Å². The second-order valence-corrected chi connectivity index (χ2v) is 8.15. The van der Waals surface area contributed by atoms with Crippen LogP contribution in [-0.2, 0) is 4.74 Å². The van der Waals surface area contributed by atoms with E-state index in [1.807, 2.05) is 60.7 Å². The number of benzene rings is 3. The minimum absolute atomic E-state index is 0.185. The van der Waals surface area contributed by atoms with E-state index < -0.39 is 0 Å². The predicted molar refractivity (Wildman–Crippen MR) is 138 cm³/mol. The third-order valence-electron chi connectivity index (χ3n) is 5.82. The van der Waals surface area contributed by atoms with Crippen molar-refractivity contribution < 1.29 is 19.0 Å². The molecule has 8 nitrogen and oxygen atoms in total. The van der Waals surface area contributed by atoms with Gasteiger partial charge in [-0.1, -0.05) is 24.3 Å². The minimum atomic E-state index is -0.185. The molecular weight excluding hydrogens is 456 g/mol. The molecule has 8 heteroatoms. The second-order valence-electron chi connectivity index (χ2n) is 8.15. The molecule has 0 saturated carbocycles. The van der Waals surface area contributed by atoms with Gasteiger partial charge in [-0.05, 0) is 48.5 Å². The normalized spacial score (nSPS) is 13.2. The Kier molecular flexibility index (Phi) is 7.05. The number of nitrogens with zero attached hydrogens (tertiary/aromatic N) is 3. The number of para-hydroxylation sites is 2. The van der Waals surface area contributed by atoms with Crippen LogP contribution in [0.4, 0.5) is 11.4 Å². The highest BCUT2D eigenvalue weighted by atomic mass is 16.5. The number of amides is 1. The number of morpholine rings is 1. The summed E-state index contributed by atoms with van der Waals surface area (Å²) in [6.45, 7) is 3.21. The van der Waals surface area contributed by atoms with Crippen LogP contribution in [-0.4, -0.2) is 49.3 Å². The summed E-state index contributed by atoms with van der Waals surface area (Å²) in [6.07, 6.45) is 1.63. The van der Waals surface area contributed by atoms with Gasteiger partial charge in [-0.2, -0.15) is 4.98 Å². The number of hydrogen-bond acceptors (Lipinski definition) is 7. The molecule has 0 atom stereocenters. The number of carbonyl (C=O) groups excluding carboxylic acids is 1. The number of hydrogen-bond donors (Lipinski definition) is 1. The number of nitrogens with one attached hydrogen (secondary N) is 1. The molecule has 1 aliphatic rings. The molecule has 0 radical (unpaired) electrons. The van der Waals surface area contributed by atoms with E-state index in [0.717, 1.165) is 43.2 Å². The van der Waals surface area contributed by atoms with Crippen LogP contribution in [0.5, 0.6) is 17.4 Å². The summed E-state index contributed by atoms with van der Waals surface area (Å²) in [4.78, 5) is 23.9. The van der Waals surface area contributed by atoms with E-state index in [4.69, 9.17) is 14.2 Å². The van der Waals surface area contributed by atoms with Gasteiger partial charge in [0.05, 0.1) is 20.3 Å². The Bertz CT molecular complexity index is 1320. The van der Waals surface area contributed by atoms with E-state index in [1.165, 1.54) is 0 Å². The Morgan fingerprint density at radius 3 is 2.36 bits per heavy atom. The molecule has 2 heterocycles. The molecular formula is C28H26N4O4. The summed E-state index contributed by atoms with van der Waals surface area (Å²) < 4.78 is 16.6. The van der Waals surface area contributed by atoms with Crippen molar-refractivity contribution in [2.45, 2.75) is 0 Å². The van der Waals surface area contributed by atoms with Crippen molar-refractivity contribution in [1.29, 1.82) is 0 Å². The van der Waals surface area contributed by atoms with Crippen LogP contribution >= 0.6 is 0 Å². The molecule has 0 spiro atoms. The molecule has 1 fully saturated rings. The standard InChI is InChI=1S/C28H26N4O4/c1-34-24-4-2-3-5-25(24)36-26-14-15-29-27(31-26)20-6-8-21(9-7-20)28(33)30-22-10-12-23(13-11-22)32-16-18-35-19-17-32/h2-15H,16-19H2,1H3,(H,30,33). The van der Waals surface area contributed by atoms with Crippen molar-refractivity contribution >= 4 is 17.3 Å². The Morgan fingerprint density at radius 1 is 0.917 bits per heavy atom. The van der Waals surface area contributed by atoms with Gasteiger partial charge in [0.15, 0.2) is 17.3 Å². The smallest absolute Gasteiger partial charge is 0.255 e. The van der Waals surface area contributed by atoms with Crippen LogP contribution in [0.15, 0.2) is 85.1 Å². The van der Waals surface area contributed by atoms with Gasteiger partial charge in [-0.25, -0.2) is 4.98 Å². The lowest BCUT2D eigenvalue weighted by atomic mass is 10.1. The minimum Gasteiger partial charge on any atom is -0.493 e. The van der Waals surface area contributed by atoms with Crippen LogP contribution in [0.3, 0.4) is 0 Å². The Labute approximate surface area is 209 Å². The molecule has 3 aromatic carbocycles. The number of ether oxygens (including phenoxy) is 3. The van der Waals surface area contributed by atoms with E-state index >= 15 is 0 Å². The molecule has 1 amide bonds. The lowest BCUT2D eigenvalue weighted by Crippen LogP contribution is -2.36. The van der Waals surface area contributed by atoms with E-state index in [0.29, 0.717) is 28.8 Å². The number of rotatable bonds is 7. The molecule has 1 saturated heterocycles. The molecule has 0 bridgehead atoms. The average molecular weight is 483 g/mol. The van der Waals surface area contributed by atoms with Crippen LogP contribution < -0.4 is 19.7 Å². The van der Waals surface area contributed by atoms with Crippen molar-refractivity contribution in [3.8, 4) is 28.8 Å². The average Bonchev–Trinajstić information content (AvgIpc) is 2.94. The first-order valence-electron chi connectivity index (χ1n) is 11.7. The quantitative estimate of drug-likeness (QED) is 0.395. The lowest BCUT2D eigenvalue weighted by Gasteiger charge is -2.28. The van der Waals surface area contributed by atoms with Gasteiger partial charge >= 0.3 is 0 Å². The maximum absolute atomic E-state index is 12.8. The maximum atomic E-state index is 12.8. The van der Waals surface area contributed by atoms with Crippen molar-refractivity contribution in [2.75, 3.05) is 43.6 Å². The monoisotopic (exact) mass is 482 g/mol. The number of methoxy groups -OCH3 is 1. The summed E-state index contributed by atoms with van der Waals surface area (Å²) in [5.74, 6) is 1.88. The highest BCUT2D eigenvalue weighted by Gasteiger charge is 2.13. The Morgan fingerprint density at radius 2 is 1.64 bits per heavy atom. The van der Waals surface area contributed by atoms with Gasteiger partial charge in [0.25, 0.3) is 5.91 Å². The highest BCUT2D eigenvalue weighted by molar-refractivity contribution is 6.04. The fourth-order valence-electron chi connectivity index (χ4n) is 3.90. The summed E-state index contributed by atoms with van der Waals surface area (Å²) in [6, 6.07) is 24.0. The lowest BCUT2D eigenvalue weighted by molar-refractivity contribution is 0.102. The molecule has 4 aromatic rings. The van der Waals surface area contributed by atoms with Gasteiger partial charge in [0.1, 0.15) is 0 Å². The van der Waals surface area contributed by atoms with Crippen molar-refractivity contribution in [1.82, 2.24) is 9.97 Å². The largest absolute Gasteiger partial charge is 0.493 e. The van der Waals surface area contributed by atoms with E-state index in [-0.39, 0.29) is 5.91 Å². The molecule has 1 N–H and O–H groups in total. The first-order chi connectivity index (χ1) is 17.7. The summed E-state index contributed by atoms with van der Waals surface area (Å²) >= 11 is 0. The van der Waals surface area contributed by atoms with Gasteiger partial charge in [0.2, 0.25) is 5.88 Å². The first kappa shape index (κ1) is 23.3. The van der Waals surface area contributed by atoms with E-state index in [1.54, 1.807) is 31.5 Å². The summed E-state index contributed by atoms with van der Waals surface area (Å²) in [5, 5.41) is 2.95. The third-order valence-corrected chi connectivity index (χ3v) is 5.82. The van der Waals surface area contributed by atoms with Gasteiger partial charge in [-0.3, -0.25) is 4.79 Å². The number of aromatic nitrogens is 2. The fourth-order valence-corrected chi connectivity index (χ4v) is 3.90. The Balaban J connectivity index is 1.24. The molecule has 1 aromatic heterocycles.